The van der Waals surface area contributed by atoms with Gasteiger partial charge in [-0.1, -0.05) is 44.2 Å². The van der Waals surface area contributed by atoms with E-state index in [0.29, 0.717) is 18.1 Å². The lowest BCUT2D eigenvalue weighted by Crippen LogP contribution is -2.40. The fourth-order valence-corrected chi connectivity index (χ4v) is 2.34. The van der Waals surface area contributed by atoms with Gasteiger partial charge in [0.05, 0.1) is 6.10 Å². The van der Waals surface area contributed by atoms with Gasteiger partial charge in [-0.25, -0.2) is 0 Å². The van der Waals surface area contributed by atoms with Crippen molar-refractivity contribution in [2.45, 2.75) is 45.4 Å². The number of hydrogen-bond acceptors (Lipinski definition) is 2. The van der Waals surface area contributed by atoms with Crippen molar-refractivity contribution in [3.63, 3.8) is 0 Å². The second-order valence-electron chi connectivity index (χ2n) is 5.24. The van der Waals surface area contributed by atoms with Gasteiger partial charge < -0.3 is 10.1 Å². The molecule has 2 unspecified atom stereocenters. The fraction of sp³-hybridized carbons (Fsp3) is 0.600. The third kappa shape index (κ3) is 3.83. The van der Waals surface area contributed by atoms with Crippen molar-refractivity contribution in [1.82, 2.24) is 5.32 Å². The third-order valence-electron chi connectivity index (χ3n) is 3.50. The molecule has 2 rings (SSSR count). The second kappa shape index (κ2) is 6.18. The van der Waals surface area contributed by atoms with Crippen molar-refractivity contribution >= 4 is 0 Å². The number of benzene rings is 1. The van der Waals surface area contributed by atoms with Crippen LogP contribution in [0.25, 0.3) is 0 Å². The Hall–Kier alpha value is -0.860. The molecular weight excluding hydrogens is 210 g/mol. The molecule has 0 amide bonds. The summed E-state index contributed by atoms with van der Waals surface area (Å²) in [4.78, 5) is 0. The van der Waals surface area contributed by atoms with Crippen LogP contribution in [-0.2, 0) is 11.3 Å². The first-order valence-electron chi connectivity index (χ1n) is 6.64. The highest BCUT2D eigenvalue weighted by Crippen LogP contribution is 2.20. The molecule has 17 heavy (non-hydrogen) atoms. The molecule has 2 heteroatoms. The molecule has 0 saturated carbocycles. The quantitative estimate of drug-likeness (QED) is 0.863. The lowest BCUT2D eigenvalue weighted by atomic mass is 9.95. The minimum Gasteiger partial charge on any atom is -0.378 e. The summed E-state index contributed by atoms with van der Waals surface area (Å²) >= 11 is 0. The summed E-state index contributed by atoms with van der Waals surface area (Å²) < 4.78 is 5.78. The number of ether oxygens (including phenoxy) is 1. The van der Waals surface area contributed by atoms with Crippen LogP contribution in [0.2, 0.25) is 0 Å². The van der Waals surface area contributed by atoms with Gasteiger partial charge in [-0.2, -0.15) is 0 Å². The van der Waals surface area contributed by atoms with Gasteiger partial charge in [-0.3, -0.25) is 0 Å². The molecule has 1 N–H and O–H groups in total. The number of nitrogens with one attached hydrogen (secondary N) is 1. The summed E-state index contributed by atoms with van der Waals surface area (Å²) in [5.41, 5.74) is 1.36. The number of rotatable bonds is 4. The molecule has 0 bridgehead atoms. The second-order valence-corrected chi connectivity index (χ2v) is 5.24. The molecule has 1 fully saturated rings. The Balaban J connectivity index is 1.79. The first-order chi connectivity index (χ1) is 8.25. The molecule has 2 nitrogen and oxygen atoms in total. The largest absolute Gasteiger partial charge is 0.378 e. The van der Waals surface area contributed by atoms with Gasteiger partial charge in [0, 0.05) is 19.2 Å². The zero-order valence-electron chi connectivity index (χ0n) is 10.9. The van der Waals surface area contributed by atoms with Gasteiger partial charge in [0.1, 0.15) is 0 Å². The van der Waals surface area contributed by atoms with Crippen LogP contribution in [0.5, 0.6) is 0 Å². The molecule has 1 aliphatic heterocycles. The van der Waals surface area contributed by atoms with Crippen molar-refractivity contribution in [3.05, 3.63) is 35.9 Å². The molecule has 0 aliphatic carbocycles. The highest BCUT2D eigenvalue weighted by Gasteiger charge is 2.24. The molecule has 1 saturated heterocycles. The Morgan fingerprint density at radius 3 is 2.76 bits per heavy atom. The molecular formula is C15H23NO. The standard InChI is InChI=1S/C15H23NO/c1-12(2)15-10-14(8-9-17-15)16-11-13-6-4-3-5-7-13/h3-7,12,14-16H,8-11H2,1-2H3. The van der Waals surface area contributed by atoms with E-state index in [-0.39, 0.29) is 0 Å². The Bertz CT molecular complexity index is 323. The van der Waals surface area contributed by atoms with Gasteiger partial charge in [0.2, 0.25) is 0 Å². The predicted molar refractivity (Wildman–Crippen MR) is 70.9 cm³/mol. The predicted octanol–water partition coefficient (Wildman–Crippen LogP) is 2.98. The van der Waals surface area contributed by atoms with Crippen molar-refractivity contribution in [2.75, 3.05) is 6.61 Å². The molecule has 0 radical (unpaired) electrons. The third-order valence-corrected chi connectivity index (χ3v) is 3.50. The maximum atomic E-state index is 5.78. The first-order valence-corrected chi connectivity index (χ1v) is 6.64. The first kappa shape index (κ1) is 12.6. The molecule has 0 spiro atoms. The summed E-state index contributed by atoms with van der Waals surface area (Å²) in [6.45, 7) is 6.35. The van der Waals surface area contributed by atoms with Crippen LogP contribution in [-0.4, -0.2) is 18.8 Å². The SMILES string of the molecule is CC(C)C1CC(NCc2ccccc2)CCO1. The van der Waals surface area contributed by atoms with E-state index < -0.39 is 0 Å². The number of hydrogen-bond donors (Lipinski definition) is 1. The lowest BCUT2D eigenvalue weighted by molar-refractivity contribution is -0.0245. The average Bonchev–Trinajstić information content (AvgIpc) is 2.38. The van der Waals surface area contributed by atoms with Gasteiger partial charge in [0.25, 0.3) is 0 Å². The van der Waals surface area contributed by atoms with E-state index >= 15 is 0 Å². The molecule has 1 aliphatic rings. The van der Waals surface area contributed by atoms with Gasteiger partial charge in [-0.15, -0.1) is 0 Å². The van der Waals surface area contributed by atoms with E-state index in [1.54, 1.807) is 0 Å². The van der Waals surface area contributed by atoms with E-state index in [2.05, 4.69) is 49.5 Å². The lowest BCUT2D eigenvalue weighted by Gasteiger charge is -2.32. The van der Waals surface area contributed by atoms with E-state index in [1.165, 1.54) is 5.56 Å². The van der Waals surface area contributed by atoms with Crippen LogP contribution in [0.15, 0.2) is 30.3 Å². The van der Waals surface area contributed by atoms with Crippen molar-refractivity contribution < 1.29 is 4.74 Å². The maximum absolute atomic E-state index is 5.78. The molecule has 1 aromatic carbocycles. The van der Waals surface area contributed by atoms with E-state index in [4.69, 9.17) is 4.74 Å². The minimum absolute atomic E-state index is 0.428. The molecule has 1 aromatic rings. The zero-order valence-corrected chi connectivity index (χ0v) is 10.9. The average molecular weight is 233 g/mol. The van der Waals surface area contributed by atoms with Crippen molar-refractivity contribution in [1.29, 1.82) is 0 Å². The van der Waals surface area contributed by atoms with Crippen molar-refractivity contribution in [3.8, 4) is 0 Å². The van der Waals surface area contributed by atoms with E-state index in [0.717, 1.165) is 26.0 Å². The Morgan fingerprint density at radius 2 is 2.06 bits per heavy atom. The summed E-state index contributed by atoms with van der Waals surface area (Å²) in [5, 5.41) is 3.64. The molecule has 94 valence electrons. The van der Waals surface area contributed by atoms with Crippen LogP contribution in [0, 0.1) is 5.92 Å². The Kier molecular flexibility index (Phi) is 4.57. The van der Waals surface area contributed by atoms with Crippen LogP contribution in [0.4, 0.5) is 0 Å². The van der Waals surface area contributed by atoms with Crippen LogP contribution in [0.1, 0.15) is 32.3 Å². The van der Waals surface area contributed by atoms with Gasteiger partial charge >= 0.3 is 0 Å². The molecule has 1 heterocycles. The zero-order chi connectivity index (χ0) is 12.1. The fourth-order valence-electron chi connectivity index (χ4n) is 2.34. The van der Waals surface area contributed by atoms with Crippen LogP contribution in [0.3, 0.4) is 0 Å². The van der Waals surface area contributed by atoms with Crippen LogP contribution >= 0.6 is 0 Å². The van der Waals surface area contributed by atoms with Crippen LogP contribution < -0.4 is 5.32 Å². The summed E-state index contributed by atoms with van der Waals surface area (Å²) in [6.07, 6.45) is 2.71. The molecule has 0 aromatic heterocycles. The topological polar surface area (TPSA) is 21.3 Å². The summed E-state index contributed by atoms with van der Waals surface area (Å²) in [6, 6.07) is 11.2. The summed E-state index contributed by atoms with van der Waals surface area (Å²) in [7, 11) is 0. The highest BCUT2D eigenvalue weighted by molar-refractivity contribution is 5.14. The highest BCUT2D eigenvalue weighted by atomic mass is 16.5. The normalized spacial score (nSPS) is 25.1. The smallest absolute Gasteiger partial charge is 0.0612 e. The monoisotopic (exact) mass is 233 g/mol. The Morgan fingerprint density at radius 1 is 1.29 bits per heavy atom. The Labute approximate surface area is 104 Å². The van der Waals surface area contributed by atoms with Gasteiger partial charge in [-0.05, 0) is 24.3 Å². The van der Waals surface area contributed by atoms with E-state index in [1.807, 2.05) is 0 Å². The minimum atomic E-state index is 0.428. The maximum Gasteiger partial charge on any atom is 0.0612 e. The molecule has 2 atom stereocenters. The summed E-state index contributed by atoms with van der Waals surface area (Å²) in [5.74, 6) is 0.622. The van der Waals surface area contributed by atoms with Crippen molar-refractivity contribution in [2.24, 2.45) is 5.92 Å². The van der Waals surface area contributed by atoms with Gasteiger partial charge in [0.15, 0.2) is 0 Å². The van der Waals surface area contributed by atoms with E-state index in [9.17, 15) is 0 Å².